The highest BCUT2D eigenvalue weighted by atomic mass is 32.2. The first-order valence-electron chi connectivity index (χ1n) is 26.4. The monoisotopic (exact) mass is 1140 g/mol. The Morgan fingerprint density at radius 1 is 0.825 bits per heavy atom. The number of nitrogens with one attached hydrogen (secondary N) is 8. The second-order valence-electron chi connectivity index (χ2n) is 20.2. The number of phenols is 1. The third-order valence-corrected chi connectivity index (χ3v) is 15.4. The molecule has 27 nitrogen and oxygen atoms in total. The zero-order valence-corrected chi connectivity index (χ0v) is 45.7. The lowest BCUT2D eigenvalue weighted by molar-refractivity contribution is -0.144. The molecule has 4 heterocycles. The minimum atomic E-state index is -1.86. The summed E-state index contributed by atoms with van der Waals surface area (Å²) in [6.45, 7) is 6.38. The van der Waals surface area contributed by atoms with Gasteiger partial charge in [-0.1, -0.05) is 46.3 Å². The lowest BCUT2D eigenvalue weighted by atomic mass is 9.88. The van der Waals surface area contributed by atoms with E-state index in [1.54, 1.807) is 13.8 Å². The van der Waals surface area contributed by atoms with Gasteiger partial charge in [-0.25, -0.2) is 0 Å². The summed E-state index contributed by atoms with van der Waals surface area (Å²) < 4.78 is 0. The van der Waals surface area contributed by atoms with Crippen molar-refractivity contribution in [2.24, 2.45) is 17.6 Å². The van der Waals surface area contributed by atoms with E-state index in [4.69, 9.17) is 5.73 Å². The number of benzene rings is 1. The molecule has 438 valence electrons. The number of nitrogens with zero attached hydrogens (tertiary/aromatic N) is 2. The fourth-order valence-electron chi connectivity index (χ4n) is 9.55. The number of fused-ring (bicyclic) bond motifs is 4. The largest absolute Gasteiger partial charge is 0.508 e. The Morgan fingerprint density at radius 2 is 1.49 bits per heavy atom. The van der Waals surface area contributed by atoms with Gasteiger partial charge in [0.25, 0.3) is 11.8 Å². The number of aliphatic hydroxyl groups excluding tert-OH is 3. The highest BCUT2D eigenvalue weighted by Crippen LogP contribution is 2.35. The summed E-state index contributed by atoms with van der Waals surface area (Å²) in [6.07, 6.45) is -0.852. The topological polar surface area (TPSA) is 414 Å². The Morgan fingerprint density at radius 3 is 2.15 bits per heavy atom. The molecule has 4 aliphatic rings. The van der Waals surface area contributed by atoms with E-state index < -0.39 is 165 Å². The van der Waals surface area contributed by atoms with Gasteiger partial charge in [-0.3, -0.25) is 62.4 Å². The van der Waals surface area contributed by atoms with Crippen LogP contribution in [-0.2, 0) is 69.7 Å². The summed E-state index contributed by atoms with van der Waals surface area (Å²) in [7, 11) is 0. The lowest BCUT2D eigenvalue weighted by Gasteiger charge is -2.33. The first-order chi connectivity index (χ1) is 37.9. The maximum Gasteiger partial charge on any atom is 0.253 e. The molecular formula is C52H73N11O16S. The van der Waals surface area contributed by atoms with Crippen LogP contribution in [0.1, 0.15) is 88.8 Å². The summed E-state index contributed by atoms with van der Waals surface area (Å²) in [5, 5.41) is 63.6. The van der Waals surface area contributed by atoms with Crippen molar-refractivity contribution in [2.45, 2.75) is 133 Å². The van der Waals surface area contributed by atoms with Gasteiger partial charge in [-0.15, -0.1) is 0 Å². The van der Waals surface area contributed by atoms with Gasteiger partial charge in [-0.2, -0.15) is 11.8 Å². The van der Waals surface area contributed by atoms with Gasteiger partial charge in [0, 0.05) is 80.5 Å². The van der Waals surface area contributed by atoms with Crippen LogP contribution in [0.15, 0.2) is 30.9 Å². The van der Waals surface area contributed by atoms with Crippen LogP contribution in [0.4, 0.5) is 0 Å². The van der Waals surface area contributed by atoms with E-state index in [0.717, 1.165) is 9.80 Å². The third kappa shape index (κ3) is 17.3. The Hall–Kier alpha value is -7.43. The summed E-state index contributed by atoms with van der Waals surface area (Å²) in [6, 6.07) is -7.20. The molecule has 80 heavy (non-hydrogen) atoms. The van der Waals surface area contributed by atoms with E-state index in [1.807, 2.05) is 0 Å². The Labute approximate surface area is 465 Å². The number of nitrogens with two attached hydrogens (primary N) is 1. The number of amides is 12. The summed E-state index contributed by atoms with van der Waals surface area (Å²) in [5.41, 5.74) is 6.14. The Kier molecular flexibility index (Phi) is 23.5. The van der Waals surface area contributed by atoms with Crippen molar-refractivity contribution in [2.75, 3.05) is 45.1 Å². The molecule has 1 aromatic rings. The average Bonchev–Trinajstić information content (AvgIpc) is 3.97. The Balaban J connectivity index is 1.58. The number of imide groups is 1. The molecule has 0 saturated carbocycles. The van der Waals surface area contributed by atoms with Crippen LogP contribution in [0.5, 0.6) is 5.75 Å². The molecule has 2 bridgehead atoms. The van der Waals surface area contributed by atoms with Crippen LogP contribution < -0.4 is 48.3 Å². The molecule has 14 N–H and O–H groups in total. The van der Waals surface area contributed by atoms with Gasteiger partial charge >= 0.3 is 0 Å². The van der Waals surface area contributed by atoms with Crippen molar-refractivity contribution < 1.29 is 78.0 Å². The van der Waals surface area contributed by atoms with E-state index in [0.29, 0.717) is 25.7 Å². The number of primary amides is 1. The molecule has 28 heteroatoms. The van der Waals surface area contributed by atoms with Crippen LogP contribution >= 0.6 is 11.8 Å². The molecule has 1 fully saturated rings. The van der Waals surface area contributed by atoms with Crippen LogP contribution in [0.25, 0.3) is 5.57 Å². The van der Waals surface area contributed by atoms with Crippen LogP contribution in [0.2, 0.25) is 0 Å². The van der Waals surface area contributed by atoms with Gasteiger partial charge in [0.05, 0.1) is 38.3 Å². The van der Waals surface area contributed by atoms with Gasteiger partial charge in [-0.05, 0) is 41.5 Å². The molecule has 0 aliphatic carbocycles. The number of carbonyl (C=O) groups is 12. The summed E-state index contributed by atoms with van der Waals surface area (Å²) in [5.74, 6) is -12.0. The van der Waals surface area contributed by atoms with Gasteiger partial charge in [0.15, 0.2) is 0 Å². The molecule has 10 atom stereocenters. The van der Waals surface area contributed by atoms with E-state index in [9.17, 15) is 78.0 Å². The zero-order chi connectivity index (χ0) is 59.0. The number of phenolic OH excluding ortho intramolecular Hbond substituents is 1. The van der Waals surface area contributed by atoms with Crippen molar-refractivity contribution in [3.05, 3.63) is 47.6 Å². The van der Waals surface area contributed by atoms with Crippen LogP contribution in [0.3, 0.4) is 0 Å². The van der Waals surface area contributed by atoms with E-state index in [-0.39, 0.29) is 76.8 Å². The predicted octanol–water partition coefficient (Wildman–Crippen LogP) is -4.27. The second kappa shape index (κ2) is 29.7. The van der Waals surface area contributed by atoms with Gasteiger partial charge in [0.2, 0.25) is 59.1 Å². The highest BCUT2D eigenvalue weighted by molar-refractivity contribution is 7.98. The standard InChI is InChI=1S/C52H73N11O16S/c1-5-26(2)45-50(77)56-21-41(70)57-34-19-31-30(10-11-37(66)32(31)25-80-16-14-54-40(69)9-7-6-8-15-62-43(72)12-13-44(62)73)27(3)17-33(47(74)55-22-42(71)60-45)58-51(78)46(28(4)38(67)24-64)61-49(76)36-18-29(65)23-63(36)52(79)35(20-39(53)68)59-48(34)75/h10-13,26,28-29,33-36,38,45-46,64-67H,3,5-9,14-25H2,1-2,4H3,(H2,53,68)(H,54,69)(H,55,74)(H,56,77)(H,57,70)(H,58,78)(H,59,75)(H,60,71)(H,61,76)/t26-,28-,29+,33-,34-,35-,36-,38-,45-,46-/m0/s1. The minimum Gasteiger partial charge on any atom is -0.508 e. The smallest absolute Gasteiger partial charge is 0.253 e. The second-order valence-corrected chi connectivity index (χ2v) is 21.4. The molecule has 0 radical (unpaired) electrons. The fraction of sp³-hybridized carbons (Fsp3) is 0.577. The van der Waals surface area contributed by atoms with E-state index in [1.165, 1.54) is 43.0 Å². The Bertz CT molecular complexity index is 2580. The first-order valence-corrected chi connectivity index (χ1v) is 27.6. The van der Waals surface area contributed by atoms with E-state index >= 15 is 0 Å². The molecule has 5 rings (SSSR count). The molecule has 4 aliphatic heterocycles. The molecule has 1 aromatic carbocycles. The van der Waals surface area contributed by atoms with Crippen LogP contribution in [-0.4, -0.2) is 195 Å². The summed E-state index contributed by atoms with van der Waals surface area (Å²) >= 11 is 1.24. The quantitative estimate of drug-likeness (QED) is 0.0489. The van der Waals surface area contributed by atoms with Gasteiger partial charge < -0.3 is 73.6 Å². The van der Waals surface area contributed by atoms with Crippen molar-refractivity contribution >= 4 is 88.2 Å². The molecule has 0 unspecified atom stereocenters. The molecule has 1 saturated heterocycles. The minimum absolute atomic E-state index is 0.0278. The molecular weight excluding hydrogens is 1070 g/mol. The molecule has 0 aromatic heterocycles. The average molecular weight is 1140 g/mol. The number of thioether (sulfide) groups is 1. The van der Waals surface area contributed by atoms with Gasteiger partial charge in [0.1, 0.15) is 42.0 Å². The number of hydrogen-bond donors (Lipinski definition) is 13. The molecule has 12 amide bonds. The first kappa shape index (κ1) is 63.4. The predicted molar refractivity (Wildman–Crippen MR) is 286 cm³/mol. The van der Waals surface area contributed by atoms with Crippen molar-refractivity contribution in [1.82, 2.24) is 52.3 Å². The van der Waals surface area contributed by atoms with Crippen molar-refractivity contribution in [1.29, 1.82) is 0 Å². The number of unbranched alkanes of at least 4 members (excludes halogenated alkanes) is 2. The SMILES string of the molecule is C=C1C[C@@H]2NC(=O)[C@H]([C@@H](C)[C@@H](O)CO)NC(=O)[C@@H]3C[C@@H](O)CN3C(=O)[C@H](CC(N)=O)NC(=O)[C@H](Cc3c1ccc(O)c3CSCCNC(=O)CCCCCN1C(=O)C=CC1=O)NC(=O)CNC(=O)[C@H]([C@@H](C)CC)NC(=O)CNC2=O. The number of hydrogen-bond acceptors (Lipinski definition) is 17. The third-order valence-electron chi connectivity index (χ3n) is 14.4. The van der Waals surface area contributed by atoms with Crippen molar-refractivity contribution in [3.63, 3.8) is 0 Å². The number of carbonyl (C=O) groups excluding carboxylic acids is 12. The number of rotatable bonds is 18. The lowest BCUT2D eigenvalue weighted by Crippen LogP contribution is -2.61. The normalized spacial score (nSPS) is 25.0. The maximum absolute atomic E-state index is 14.8. The van der Waals surface area contributed by atoms with Crippen molar-refractivity contribution in [3.8, 4) is 5.75 Å². The van der Waals surface area contributed by atoms with Crippen LogP contribution in [0, 0.1) is 11.8 Å². The number of aliphatic hydroxyl groups is 3. The zero-order valence-electron chi connectivity index (χ0n) is 44.9. The highest BCUT2D eigenvalue weighted by Gasteiger charge is 2.45. The molecule has 0 spiro atoms. The summed E-state index contributed by atoms with van der Waals surface area (Å²) in [4.78, 5) is 165. The number of aromatic hydroxyl groups is 1. The fourth-order valence-corrected chi connectivity index (χ4v) is 10.5. The van der Waals surface area contributed by atoms with E-state index in [2.05, 4.69) is 49.1 Å². The maximum atomic E-state index is 14.8.